The number of hydrogen-bond donors (Lipinski definition) is 0. The van der Waals surface area contributed by atoms with Crippen LogP contribution in [0.25, 0.3) is 0 Å². The van der Waals surface area contributed by atoms with Crippen LogP contribution in [0.4, 0.5) is 0 Å². The lowest BCUT2D eigenvalue weighted by molar-refractivity contribution is 0.587. The molecular weight excluding hydrogens is 252 g/mol. The molecule has 5 nitrogen and oxygen atoms in total. The minimum atomic E-state index is -0.103. The monoisotopic (exact) mass is 266 g/mol. The molecule has 2 rings (SSSR count). The van der Waals surface area contributed by atoms with Gasteiger partial charge in [0.15, 0.2) is 0 Å². The van der Waals surface area contributed by atoms with Gasteiger partial charge in [0.25, 0.3) is 5.56 Å². The van der Waals surface area contributed by atoms with Crippen molar-refractivity contribution in [2.24, 2.45) is 7.05 Å². The van der Waals surface area contributed by atoms with E-state index in [4.69, 9.17) is 11.6 Å². The molecule has 2 aromatic rings. The van der Waals surface area contributed by atoms with Crippen molar-refractivity contribution in [3.05, 3.63) is 45.4 Å². The number of rotatable bonds is 4. The average molecular weight is 267 g/mol. The fourth-order valence-corrected chi connectivity index (χ4v) is 2.10. The molecule has 0 saturated heterocycles. The van der Waals surface area contributed by atoms with Crippen molar-refractivity contribution in [2.45, 2.75) is 26.3 Å². The summed E-state index contributed by atoms with van der Waals surface area (Å²) >= 11 is 5.79. The molecule has 0 atom stereocenters. The number of hydrogen-bond acceptors (Lipinski definition) is 3. The first-order chi connectivity index (χ1) is 8.61. The summed E-state index contributed by atoms with van der Waals surface area (Å²) < 4.78 is 3.47. The molecule has 2 heterocycles. The van der Waals surface area contributed by atoms with E-state index >= 15 is 0 Å². The molecule has 0 bridgehead atoms. The third kappa shape index (κ3) is 2.61. The maximum absolute atomic E-state index is 11.9. The summed E-state index contributed by atoms with van der Waals surface area (Å²) in [5, 5.41) is 4.36. The van der Waals surface area contributed by atoms with Gasteiger partial charge in [-0.2, -0.15) is 5.10 Å². The van der Waals surface area contributed by atoms with E-state index < -0.39 is 0 Å². The molecule has 0 unspecified atom stereocenters. The van der Waals surface area contributed by atoms with Crippen LogP contribution in [-0.4, -0.2) is 19.3 Å². The van der Waals surface area contributed by atoms with Crippen LogP contribution in [0.3, 0.4) is 0 Å². The fourth-order valence-electron chi connectivity index (χ4n) is 1.90. The van der Waals surface area contributed by atoms with Gasteiger partial charge in [0, 0.05) is 44.4 Å². The summed E-state index contributed by atoms with van der Waals surface area (Å²) in [6, 6.07) is 3.30. The Morgan fingerprint density at radius 1 is 1.44 bits per heavy atom. The fraction of sp³-hybridized carbons (Fsp3) is 0.417. The van der Waals surface area contributed by atoms with Gasteiger partial charge in [0.05, 0.1) is 0 Å². The molecule has 96 valence electrons. The second-order valence-corrected chi connectivity index (χ2v) is 4.42. The van der Waals surface area contributed by atoms with Crippen molar-refractivity contribution >= 4 is 11.6 Å². The van der Waals surface area contributed by atoms with Gasteiger partial charge in [-0.05, 0) is 6.07 Å². The van der Waals surface area contributed by atoms with Crippen LogP contribution in [0.2, 0.25) is 5.15 Å². The zero-order chi connectivity index (χ0) is 13.1. The van der Waals surface area contributed by atoms with Crippen molar-refractivity contribution in [1.29, 1.82) is 0 Å². The zero-order valence-corrected chi connectivity index (χ0v) is 11.2. The molecule has 0 fully saturated rings. The minimum absolute atomic E-state index is 0.103. The number of aryl methyl sites for hydroxylation is 3. The van der Waals surface area contributed by atoms with Crippen LogP contribution in [0.15, 0.2) is 23.1 Å². The highest BCUT2D eigenvalue weighted by Crippen LogP contribution is 2.05. The predicted molar refractivity (Wildman–Crippen MR) is 69.8 cm³/mol. The van der Waals surface area contributed by atoms with Crippen LogP contribution in [0.1, 0.15) is 18.4 Å². The second-order valence-electron chi connectivity index (χ2n) is 4.03. The summed E-state index contributed by atoms with van der Waals surface area (Å²) in [6.07, 6.45) is 3.17. The molecule has 2 aromatic heterocycles. The molecule has 0 saturated carbocycles. The van der Waals surface area contributed by atoms with Crippen molar-refractivity contribution in [1.82, 2.24) is 19.3 Å². The number of nitrogens with zero attached hydrogens (tertiary/aromatic N) is 4. The molecule has 0 aliphatic heterocycles. The first-order valence-electron chi connectivity index (χ1n) is 5.85. The molecule has 0 aromatic carbocycles. The zero-order valence-electron chi connectivity index (χ0n) is 10.4. The van der Waals surface area contributed by atoms with E-state index in [0.717, 1.165) is 17.9 Å². The Kier molecular flexibility index (Phi) is 3.81. The maximum Gasteiger partial charge on any atom is 0.254 e. The molecule has 0 aliphatic carbocycles. The molecule has 0 aliphatic rings. The first kappa shape index (κ1) is 12.8. The largest absolute Gasteiger partial charge is 0.296 e. The van der Waals surface area contributed by atoms with E-state index in [-0.39, 0.29) is 10.7 Å². The Balaban J connectivity index is 2.24. The third-order valence-corrected chi connectivity index (χ3v) is 3.08. The third-order valence-electron chi connectivity index (χ3n) is 2.89. The lowest BCUT2D eigenvalue weighted by atomic mass is 10.3. The second kappa shape index (κ2) is 5.35. The highest BCUT2D eigenvalue weighted by atomic mass is 35.5. The van der Waals surface area contributed by atoms with Crippen LogP contribution in [0, 0.1) is 0 Å². The molecule has 0 amide bonds. The van der Waals surface area contributed by atoms with Gasteiger partial charge in [0.2, 0.25) is 0 Å². The summed E-state index contributed by atoms with van der Waals surface area (Å²) in [5.74, 6) is 0.717. The quantitative estimate of drug-likeness (QED) is 0.787. The average Bonchev–Trinajstić information content (AvgIpc) is 2.73. The van der Waals surface area contributed by atoms with E-state index in [1.165, 1.54) is 6.07 Å². The van der Waals surface area contributed by atoms with Crippen LogP contribution >= 0.6 is 11.6 Å². The Morgan fingerprint density at radius 3 is 2.83 bits per heavy atom. The molecule has 0 spiro atoms. The molecule has 0 radical (unpaired) electrons. The summed E-state index contributed by atoms with van der Waals surface area (Å²) in [4.78, 5) is 16.1. The van der Waals surface area contributed by atoms with E-state index in [1.54, 1.807) is 15.4 Å². The lowest BCUT2D eigenvalue weighted by Crippen LogP contribution is -2.25. The Morgan fingerprint density at radius 2 is 2.22 bits per heavy atom. The van der Waals surface area contributed by atoms with Gasteiger partial charge < -0.3 is 0 Å². The van der Waals surface area contributed by atoms with E-state index in [1.807, 2.05) is 20.0 Å². The van der Waals surface area contributed by atoms with E-state index in [2.05, 4.69) is 10.1 Å². The van der Waals surface area contributed by atoms with E-state index in [9.17, 15) is 4.79 Å². The smallest absolute Gasteiger partial charge is 0.254 e. The lowest BCUT2D eigenvalue weighted by Gasteiger charge is -2.10. The summed E-state index contributed by atoms with van der Waals surface area (Å²) in [5.41, 5.74) is 0.980. The molecule has 0 N–H and O–H groups in total. The SMILES string of the molecule is CCc1nc(Cl)cc(=O)n1CCc1ccnn1C. The van der Waals surface area contributed by atoms with Crippen molar-refractivity contribution < 1.29 is 0 Å². The Labute approximate surface area is 110 Å². The van der Waals surface area contributed by atoms with Gasteiger partial charge in [-0.25, -0.2) is 4.98 Å². The predicted octanol–water partition coefficient (Wildman–Crippen LogP) is 1.44. The van der Waals surface area contributed by atoms with Crippen LogP contribution in [-0.2, 0) is 26.4 Å². The van der Waals surface area contributed by atoms with Crippen LogP contribution < -0.4 is 5.56 Å². The standard InChI is InChI=1S/C12H15ClN4O/c1-3-11-15-10(13)8-12(18)17(11)7-5-9-4-6-14-16(9)2/h4,6,8H,3,5,7H2,1-2H3. The van der Waals surface area contributed by atoms with Gasteiger partial charge in [-0.15, -0.1) is 0 Å². The normalized spacial score (nSPS) is 10.8. The summed E-state index contributed by atoms with van der Waals surface area (Å²) in [6.45, 7) is 2.55. The van der Waals surface area contributed by atoms with Gasteiger partial charge in [0.1, 0.15) is 11.0 Å². The van der Waals surface area contributed by atoms with Crippen molar-refractivity contribution in [3.63, 3.8) is 0 Å². The van der Waals surface area contributed by atoms with Gasteiger partial charge in [-0.1, -0.05) is 18.5 Å². The Bertz CT molecular complexity index is 602. The van der Waals surface area contributed by atoms with Crippen molar-refractivity contribution in [3.8, 4) is 0 Å². The summed E-state index contributed by atoms with van der Waals surface area (Å²) in [7, 11) is 1.89. The first-order valence-corrected chi connectivity index (χ1v) is 6.22. The number of aromatic nitrogens is 4. The van der Waals surface area contributed by atoms with Gasteiger partial charge in [-0.3, -0.25) is 14.0 Å². The van der Waals surface area contributed by atoms with Crippen molar-refractivity contribution in [2.75, 3.05) is 0 Å². The minimum Gasteiger partial charge on any atom is -0.296 e. The maximum atomic E-state index is 11.9. The van der Waals surface area contributed by atoms with Gasteiger partial charge >= 0.3 is 0 Å². The molecule has 18 heavy (non-hydrogen) atoms. The highest BCUT2D eigenvalue weighted by molar-refractivity contribution is 6.29. The highest BCUT2D eigenvalue weighted by Gasteiger charge is 2.07. The Hall–Kier alpha value is -1.62. The van der Waals surface area contributed by atoms with E-state index in [0.29, 0.717) is 13.0 Å². The topological polar surface area (TPSA) is 52.7 Å². The molecule has 6 heteroatoms. The number of halogens is 1. The molecular formula is C12H15ClN4O. The van der Waals surface area contributed by atoms with Crippen LogP contribution in [0.5, 0.6) is 0 Å².